The number of ether oxygens (including phenoxy) is 1. The van der Waals surface area contributed by atoms with Gasteiger partial charge < -0.3 is 10.1 Å². The van der Waals surface area contributed by atoms with E-state index in [0.29, 0.717) is 23.9 Å². The first-order valence-electron chi connectivity index (χ1n) is 7.41. The molecule has 1 aromatic rings. The van der Waals surface area contributed by atoms with E-state index < -0.39 is 0 Å². The van der Waals surface area contributed by atoms with Crippen LogP contribution in [0, 0.1) is 0 Å². The molecule has 1 heterocycles. The van der Waals surface area contributed by atoms with Crippen LogP contribution in [0.1, 0.15) is 36.5 Å². The van der Waals surface area contributed by atoms with Gasteiger partial charge in [-0.1, -0.05) is 19.1 Å². The van der Waals surface area contributed by atoms with Gasteiger partial charge in [0.25, 0.3) is 5.91 Å². The maximum Gasteiger partial charge on any atom is 0.255 e. The molecule has 0 aliphatic carbocycles. The fraction of sp³-hybridized carbons (Fsp3) is 0.562. The van der Waals surface area contributed by atoms with E-state index in [1.807, 2.05) is 18.2 Å². The Morgan fingerprint density at radius 3 is 2.70 bits per heavy atom. The molecule has 1 aromatic carbocycles. The predicted molar refractivity (Wildman–Crippen MR) is 80.2 cm³/mol. The maximum absolute atomic E-state index is 12.3. The number of amides is 1. The molecule has 0 saturated carbocycles. The summed E-state index contributed by atoms with van der Waals surface area (Å²) >= 11 is 0. The number of methoxy groups -OCH3 is 1. The number of carbonyl (C=O) groups excluding carboxylic acids is 1. The molecule has 110 valence electrons. The number of rotatable bonds is 6. The van der Waals surface area contributed by atoms with Crippen molar-refractivity contribution in [3.8, 4) is 5.75 Å². The Morgan fingerprint density at radius 1 is 1.35 bits per heavy atom. The number of nitrogens with zero attached hydrogens (tertiary/aromatic N) is 1. The minimum absolute atomic E-state index is 0.0555. The summed E-state index contributed by atoms with van der Waals surface area (Å²) in [4.78, 5) is 14.7. The van der Waals surface area contributed by atoms with Crippen LogP contribution in [0.4, 0.5) is 0 Å². The van der Waals surface area contributed by atoms with E-state index in [2.05, 4.69) is 17.1 Å². The standard InChI is InChI=1S/C16H24N2O2/c1-3-13(18-10-6-7-11-18)12-17-16(19)14-8-4-5-9-15(14)20-2/h4-5,8-9,13H,3,6-7,10-12H2,1-2H3,(H,17,19)/t13-/m1/s1. The van der Waals surface area contributed by atoms with Crippen LogP contribution in [0.25, 0.3) is 0 Å². The quantitative estimate of drug-likeness (QED) is 0.867. The second-order valence-electron chi connectivity index (χ2n) is 5.22. The Morgan fingerprint density at radius 2 is 2.05 bits per heavy atom. The van der Waals surface area contributed by atoms with E-state index in [4.69, 9.17) is 4.74 Å². The highest BCUT2D eigenvalue weighted by Crippen LogP contribution is 2.17. The molecule has 0 bridgehead atoms. The summed E-state index contributed by atoms with van der Waals surface area (Å²) in [7, 11) is 1.59. The van der Waals surface area contributed by atoms with E-state index >= 15 is 0 Å². The Balaban J connectivity index is 1.93. The summed E-state index contributed by atoms with van der Waals surface area (Å²) in [5, 5.41) is 3.04. The Labute approximate surface area is 121 Å². The van der Waals surface area contributed by atoms with E-state index in [1.165, 1.54) is 12.8 Å². The second-order valence-corrected chi connectivity index (χ2v) is 5.22. The van der Waals surface area contributed by atoms with Crippen molar-refractivity contribution in [1.29, 1.82) is 0 Å². The minimum Gasteiger partial charge on any atom is -0.496 e. The number of carbonyl (C=O) groups is 1. The van der Waals surface area contributed by atoms with Crippen LogP contribution >= 0.6 is 0 Å². The Kier molecular flexibility index (Phi) is 5.41. The zero-order valence-corrected chi connectivity index (χ0v) is 12.4. The summed E-state index contributed by atoms with van der Waals surface area (Å²) in [6.45, 7) is 5.19. The molecule has 1 fully saturated rings. The first kappa shape index (κ1) is 14.9. The van der Waals surface area contributed by atoms with Gasteiger partial charge in [-0.05, 0) is 44.5 Å². The minimum atomic E-state index is -0.0555. The Bertz CT molecular complexity index is 442. The van der Waals surface area contributed by atoms with Crippen LogP contribution in [0.5, 0.6) is 5.75 Å². The van der Waals surface area contributed by atoms with Gasteiger partial charge in [0.2, 0.25) is 0 Å². The summed E-state index contributed by atoms with van der Waals surface area (Å²) in [5.74, 6) is 0.569. The average molecular weight is 276 g/mol. The normalized spacial score (nSPS) is 16.9. The van der Waals surface area contributed by atoms with Crippen molar-refractivity contribution in [3.63, 3.8) is 0 Å². The molecule has 0 aromatic heterocycles. The molecule has 1 atom stereocenters. The van der Waals surface area contributed by atoms with Crippen molar-refractivity contribution in [1.82, 2.24) is 10.2 Å². The number of hydrogen-bond donors (Lipinski definition) is 1. The molecule has 1 saturated heterocycles. The lowest BCUT2D eigenvalue weighted by Crippen LogP contribution is -2.42. The van der Waals surface area contributed by atoms with Crippen LogP contribution in [0.15, 0.2) is 24.3 Å². The number of likely N-dealkylation sites (tertiary alicyclic amines) is 1. The van der Waals surface area contributed by atoms with E-state index in [0.717, 1.165) is 19.5 Å². The monoisotopic (exact) mass is 276 g/mol. The van der Waals surface area contributed by atoms with E-state index in [-0.39, 0.29) is 5.91 Å². The van der Waals surface area contributed by atoms with Crippen LogP contribution < -0.4 is 10.1 Å². The average Bonchev–Trinajstić information content (AvgIpc) is 3.02. The van der Waals surface area contributed by atoms with Crippen molar-refractivity contribution < 1.29 is 9.53 Å². The largest absolute Gasteiger partial charge is 0.496 e. The highest BCUT2D eigenvalue weighted by Gasteiger charge is 2.21. The molecule has 1 amide bonds. The zero-order valence-electron chi connectivity index (χ0n) is 12.4. The summed E-state index contributed by atoms with van der Waals surface area (Å²) in [5.41, 5.74) is 0.603. The smallest absolute Gasteiger partial charge is 0.255 e. The molecule has 4 heteroatoms. The maximum atomic E-state index is 12.3. The van der Waals surface area contributed by atoms with Crippen LogP contribution in [0.3, 0.4) is 0 Å². The lowest BCUT2D eigenvalue weighted by atomic mass is 10.1. The third kappa shape index (κ3) is 3.51. The molecule has 4 nitrogen and oxygen atoms in total. The summed E-state index contributed by atoms with van der Waals surface area (Å²) in [6, 6.07) is 7.78. The SMILES string of the molecule is CC[C@H](CNC(=O)c1ccccc1OC)N1CCCC1. The van der Waals surface area contributed by atoms with Gasteiger partial charge in [-0.15, -0.1) is 0 Å². The van der Waals surface area contributed by atoms with Crippen molar-refractivity contribution in [2.24, 2.45) is 0 Å². The first-order valence-corrected chi connectivity index (χ1v) is 7.41. The Hall–Kier alpha value is -1.55. The van der Waals surface area contributed by atoms with E-state index in [9.17, 15) is 4.79 Å². The van der Waals surface area contributed by atoms with Gasteiger partial charge in [-0.3, -0.25) is 9.69 Å². The fourth-order valence-corrected chi connectivity index (χ4v) is 2.78. The molecule has 2 rings (SSSR count). The number of nitrogens with one attached hydrogen (secondary N) is 1. The fourth-order valence-electron chi connectivity index (χ4n) is 2.78. The molecule has 20 heavy (non-hydrogen) atoms. The molecular formula is C16H24N2O2. The van der Waals surface area contributed by atoms with Crippen molar-refractivity contribution in [2.45, 2.75) is 32.2 Å². The van der Waals surface area contributed by atoms with Crippen molar-refractivity contribution in [2.75, 3.05) is 26.7 Å². The third-order valence-corrected chi connectivity index (χ3v) is 3.98. The molecule has 0 radical (unpaired) electrons. The van der Waals surface area contributed by atoms with Gasteiger partial charge in [0, 0.05) is 12.6 Å². The van der Waals surface area contributed by atoms with Gasteiger partial charge in [0.15, 0.2) is 0 Å². The summed E-state index contributed by atoms with van der Waals surface area (Å²) in [6.07, 6.45) is 3.61. The first-order chi connectivity index (χ1) is 9.76. The highest BCUT2D eigenvalue weighted by atomic mass is 16.5. The van der Waals surface area contributed by atoms with Crippen LogP contribution in [-0.4, -0.2) is 43.6 Å². The lowest BCUT2D eigenvalue weighted by Gasteiger charge is -2.26. The summed E-state index contributed by atoms with van der Waals surface area (Å²) < 4.78 is 5.23. The lowest BCUT2D eigenvalue weighted by molar-refractivity contribution is 0.0934. The second kappa shape index (κ2) is 7.29. The van der Waals surface area contributed by atoms with Gasteiger partial charge in [0.1, 0.15) is 5.75 Å². The molecule has 0 unspecified atom stereocenters. The number of hydrogen-bond acceptors (Lipinski definition) is 3. The van der Waals surface area contributed by atoms with Gasteiger partial charge in [-0.2, -0.15) is 0 Å². The third-order valence-electron chi connectivity index (χ3n) is 3.98. The predicted octanol–water partition coefficient (Wildman–Crippen LogP) is 2.30. The van der Waals surface area contributed by atoms with Crippen molar-refractivity contribution >= 4 is 5.91 Å². The molecule has 1 N–H and O–H groups in total. The zero-order chi connectivity index (χ0) is 14.4. The van der Waals surface area contributed by atoms with Gasteiger partial charge in [0.05, 0.1) is 12.7 Å². The topological polar surface area (TPSA) is 41.6 Å². The van der Waals surface area contributed by atoms with Crippen molar-refractivity contribution in [3.05, 3.63) is 29.8 Å². The number of para-hydroxylation sites is 1. The van der Waals surface area contributed by atoms with Gasteiger partial charge in [-0.25, -0.2) is 0 Å². The van der Waals surface area contributed by atoms with Crippen LogP contribution in [-0.2, 0) is 0 Å². The highest BCUT2D eigenvalue weighted by molar-refractivity contribution is 5.96. The molecular weight excluding hydrogens is 252 g/mol. The van der Waals surface area contributed by atoms with E-state index in [1.54, 1.807) is 13.2 Å². The number of benzene rings is 1. The molecule has 1 aliphatic rings. The van der Waals surface area contributed by atoms with Gasteiger partial charge >= 0.3 is 0 Å². The molecule has 1 aliphatic heterocycles. The molecule has 0 spiro atoms. The van der Waals surface area contributed by atoms with Crippen LogP contribution in [0.2, 0.25) is 0 Å².